The smallest absolute Gasteiger partial charge is 0.414 e. The van der Waals surface area contributed by atoms with E-state index in [1.807, 2.05) is 0 Å². The molecule has 1 fully saturated rings. The lowest BCUT2D eigenvalue weighted by Crippen LogP contribution is -2.70. The Morgan fingerprint density at radius 3 is 2.67 bits per heavy atom. The van der Waals surface area contributed by atoms with Crippen LogP contribution in [0.4, 0.5) is 9.93 Å². The van der Waals surface area contributed by atoms with Gasteiger partial charge >= 0.3 is 12.1 Å². The number of hydrogen-bond acceptors (Lipinski definition) is 13. The van der Waals surface area contributed by atoms with E-state index >= 15 is 0 Å². The largest absolute Gasteiger partial charge is 0.477 e. The second kappa shape index (κ2) is 10.3. The van der Waals surface area contributed by atoms with E-state index in [2.05, 4.69) is 30.2 Å². The number of nitrogens with one attached hydrogen (secondary N) is 2. The molecule has 0 spiro atoms. The van der Waals surface area contributed by atoms with Crippen molar-refractivity contribution >= 4 is 75.4 Å². The van der Waals surface area contributed by atoms with E-state index in [-0.39, 0.29) is 23.1 Å². The highest BCUT2D eigenvalue weighted by molar-refractivity contribution is 8.07. The van der Waals surface area contributed by atoms with Crippen molar-refractivity contribution in [3.63, 3.8) is 0 Å². The second-order valence-electron chi connectivity index (χ2n) is 8.54. The summed E-state index contributed by atoms with van der Waals surface area (Å²) in [5, 5.41) is 23.2. The number of ether oxygens (including phenoxy) is 1. The number of aromatic nitrogens is 4. The fourth-order valence-electron chi connectivity index (χ4n) is 3.23. The minimum atomic E-state index is -1.22. The molecule has 2 aliphatic rings. The van der Waals surface area contributed by atoms with Gasteiger partial charge < -0.3 is 15.2 Å². The summed E-state index contributed by atoms with van der Waals surface area (Å²) in [6.07, 6.45) is -0.905. The van der Waals surface area contributed by atoms with Crippen LogP contribution >= 0.6 is 46.4 Å². The van der Waals surface area contributed by atoms with Crippen molar-refractivity contribution in [2.24, 2.45) is 0 Å². The lowest BCUT2D eigenvalue weighted by Gasteiger charge is -2.49. The molecule has 4 rings (SSSR count). The molecule has 2 aromatic heterocycles. The molecule has 2 aromatic rings. The molecule has 13 nitrogen and oxygen atoms in total. The predicted molar refractivity (Wildman–Crippen MR) is 134 cm³/mol. The summed E-state index contributed by atoms with van der Waals surface area (Å²) >= 11 is 4.77. The van der Waals surface area contributed by atoms with Gasteiger partial charge in [0.05, 0.1) is 6.42 Å². The fourth-order valence-corrected chi connectivity index (χ4v) is 7.26. The summed E-state index contributed by atoms with van der Waals surface area (Å²) in [7, 11) is 0. The van der Waals surface area contributed by atoms with E-state index in [9.17, 15) is 24.3 Å². The monoisotopic (exact) mass is 571 g/mol. The normalized spacial score (nSPS) is 19.4. The van der Waals surface area contributed by atoms with E-state index in [0.717, 1.165) is 16.5 Å². The lowest BCUT2D eigenvalue weighted by atomic mass is 10.0. The highest BCUT2D eigenvalue weighted by Gasteiger charge is 2.54. The molecule has 0 saturated carbocycles. The van der Waals surface area contributed by atoms with E-state index in [1.54, 1.807) is 27.7 Å². The topological polar surface area (TPSA) is 177 Å². The highest BCUT2D eigenvalue weighted by atomic mass is 32.2. The number of anilines is 1. The number of hydrogen-bond donors (Lipinski definition) is 3. The fraction of sp³-hybridized carbons (Fsp3) is 0.474. The maximum Gasteiger partial charge on any atom is 0.414 e. The number of carboxylic acid groups (broad SMARTS) is 1. The van der Waals surface area contributed by atoms with Crippen molar-refractivity contribution in [1.29, 1.82) is 0 Å². The van der Waals surface area contributed by atoms with Gasteiger partial charge in [-0.05, 0) is 27.7 Å². The first-order valence-corrected chi connectivity index (χ1v) is 13.9. The Kier molecular flexibility index (Phi) is 7.53. The molecule has 36 heavy (non-hydrogen) atoms. The van der Waals surface area contributed by atoms with Gasteiger partial charge in [0.25, 0.3) is 5.91 Å². The van der Waals surface area contributed by atoms with Crippen molar-refractivity contribution in [2.45, 2.75) is 55.5 Å². The van der Waals surface area contributed by atoms with E-state index in [4.69, 9.17) is 4.74 Å². The van der Waals surface area contributed by atoms with Gasteiger partial charge in [0.1, 0.15) is 27.7 Å². The highest BCUT2D eigenvalue weighted by Crippen LogP contribution is 2.45. The maximum atomic E-state index is 12.8. The van der Waals surface area contributed by atoms with Crippen molar-refractivity contribution in [1.82, 2.24) is 29.8 Å². The Hall–Kier alpha value is -2.76. The van der Waals surface area contributed by atoms with Gasteiger partial charge in [-0.25, -0.2) is 14.6 Å². The average molecular weight is 572 g/mol. The summed E-state index contributed by atoms with van der Waals surface area (Å²) in [6, 6.07) is -0.870. The van der Waals surface area contributed by atoms with E-state index in [0.29, 0.717) is 15.0 Å². The second-order valence-corrected chi connectivity index (χ2v) is 12.9. The first-order valence-electron chi connectivity index (χ1n) is 10.4. The lowest BCUT2D eigenvalue weighted by molar-refractivity contribution is -0.150. The van der Waals surface area contributed by atoms with Gasteiger partial charge in [-0.1, -0.05) is 23.1 Å². The van der Waals surface area contributed by atoms with Crippen LogP contribution in [0.1, 0.15) is 31.6 Å². The number of carbonyl (C=O) groups is 4. The number of rotatable bonds is 7. The van der Waals surface area contributed by atoms with Gasteiger partial charge in [-0.15, -0.1) is 22.0 Å². The maximum absolute atomic E-state index is 12.8. The van der Waals surface area contributed by atoms with Crippen molar-refractivity contribution in [3.8, 4) is 0 Å². The van der Waals surface area contributed by atoms with Gasteiger partial charge in [-0.3, -0.25) is 19.8 Å². The minimum absolute atomic E-state index is 0.105. The third kappa shape index (κ3) is 5.96. The molecule has 0 unspecified atom stereocenters. The third-order valence-electron chi connectivity index (χ3n) is 4.57. The summed E-state index contributed by atoms with van der Waals surface area (Å²) in [5.74, 6) is -1.72. The summed E-state index contributed by atoms with van der Waals surface area (Å²) in [5.41, 5.74) is -0.782. The molecule has 192 valence electrons. The number of amides is 3. The number of carboxylic acids is 1. The van der Waals surface area contributed by atoms with Gasteiger partial charge in [0.2, 0.25) is 11.0 Å². The Bertz CT molecular complexity index is 1250. The van der Waals surface area contributed by atoms with Crippen LogP contribution in [0.15, 0.2) is 14.9 Å². The number of thioether (sulfide) groups is 2. The van der Waals surface area contributed by atoms with Crippen molar-refractivity contribution < 1.29 is 29.0 Å². The molecule has 2 aliphatic heterocycles. The van der Waals surface area contributed by atoms with Crippen LogP contribution in [-0.2, 0) is 25.5 Å². The zero-order valence-electron chi connectivity index (χ0n) is 19.4. The molecule has 0 bridgehead atoms. The molecule has 2 atom stereocenters. The SMILES string of the molecule is Cc1nnc(SC2=C(C(=O)O)N3C(=O)[C@@H](NC(=O)Cc4nsc(NC(=O)OC(C)(C)C)n4)[C@@H]3SC2)s1. The first kappa shape index (κ1) is 26.3. The van der Waals surface area contributed by atoms with Crippen LogP contribution in [0.2, 0.25) is 0 Å². The van der Waals surface area contributed by atoms with Crippen LogP contribution in [-0.4, -0.2) is 76.2 Å². The standard InChI is InChI=1S/C19H21N7O6S4/c1-7-23-24-18(34-7)35-8-6-33-14-11(13(28)26(14)12(8)15(29)30)21-10(27)5-9-20-16(36-25-9)22-17(31)32-19(2,3)4/h11,14H,5-6H2,1-4H3,(H,21,27)(H,29,30)(H,20,22,25,31)/t11-,14+/m1/s1. The zero-order chi connectivity index (χ0) is 26.2. The molecule has 4 heterocycles. The van der Waals surface area contributed by atoms with Crippen molar-refractivity contribution in [3.05, 3.63) is 21.4 Å². The van der Waals surface area contributed by atoms with Crippen molar-refractivity contribution in [2.75, 3.05) is 11.1 Å². The molecule has 1 saturated heterocycles. The Labute approximate surface area is 221 Å². The van der Waals surface area contributed by atoms with Gasteiger partial charge in [-0.2, -0.15) is 4.37 Å². The number of fused-ring (bicyclic) bond motifs is 1. The molecule has 17 heteroatoms. The molecule has 3 N–H and O–H groups in total. The molecule has 0 aromatic carbocycles. The first-order chi connectivity index (χ1) is 16.9. The third-order valence-corrected chi connectivity index (χ3v) is 8.67. The van der Waals surface area contributed by atoms with Crippen LogP contribution < -0.4 is 10.6 Å². The summed E-state index contributed by atoms with van der Waals surface area (Å²) < 4.78 is 9.79. The summed E-state index contributed by atoms with van der Waals surface area (Å²) in [4.78, 5) is 55.0. The molecule has 0 radical (unpaired) electrons. The number of aryl methyl sites for hydroxylation is 1. The van der Waals surface area contributed by atoms with E-state index < -0.39 is 40.9 Å². The summed E-state index contributed by atoms with van der Waals surface area (Å²) in [6.45, 7) is 6.98. The van der Waals surface area contributed by atoms with Gasteiger partial charge in [0.15, 0.2) is 10.2 Å². The van der Waals surface area contributed by atoms with E-state index in [1.165, 1.54) is 39.8 Å². The zero-order valence-corrected chi connectivity index (χ0v) is 22.7. The molecular weight excluding hydrogens is 551 g/mol. The molecule has 0 aliphatic carbocycles. The Morgan fingerprint density at radius 2 is 2.03 bits per heavy atom. The quantitative estimate of drug-likeness (QED) is 0.413. The minimum Gasteiger partial charge on any atom is -0.477 e. The number of β-lactam (4-membered cyclic amide) rings is 1. The van der Waals surface area contributed by atoms with Gasteiger partial charge in [0, 0.05) is 22.2 Å². The predicted octanol–water partition coefficient (Wildman–Crippen LogP) is 2.08. The van der Waals surface area contributed by atoms with Crippen LogP contribution in [0.25, 0.3) is 0 Å². The number of aliphatic carboxylic acids is 1. The molecular formula is C19H21N7O6S4. The van der Waals surface area contributed by atoms with Crippen LogP contribution in [0.3, 0.4) is 0 Å². The average Bonchev–Trinajstić information content (AvgIpc) is 3.38. The van der Waals surface area contributed by atoms with Crippen LogP contribution in [0.5, 0.6) is 0 Å². The molecule has 3 amide bonds. The van der Waals surface area contributed by atoms with Crippen LogP contribution in [0, 0.1) is 6.92 Å². The number of nitrogens with zero attached hydrogens (tertiary/aromatic N) is 5. The number of carbonyl (C=O) groups excluding carboxylic acids is 3. The Morgan fingerprint density at radius 1 is 1.28 bits per heavy atom. The Balaban J connectivity index is 1.36.